The first-order valence-corrected chi connectivity index (χ1v) is 8.05. The van der Waals surface area contributed by atoms with Gasteiger partial charge in [-0.2, -0.15) is 0 Å². The molecule has 4 N–H and O–H groups in total. The topological polar surface area (TPSA) is 106 Å². The molecule has 1 aliphatic heterocycles. The van der Waals surface area contributed by atoms with Crippen LogP contribution in [-0.2, 0) is 9.53 Å². The fraction of sp³-hybridized carbons (Fsp3) is 0.643. The van der Waals surface area contributed by atoms with Crippen molar-refractivity contribution >= 4 is 23.3 Å². The lowest BCUT2D eigenvalue weighted by atomic mass is 9.84. The summed E-state index contributed by atoms with van der Waals surface area (Å²) in [5.74, 6) is -1.07. The van der Waals surface area contributed by atoms with Gasteiger partial charge in [0.25, 0.3) is 0 Å². The van der Waals surface area contributed by atoms with E-state index in [1.807, 2.05) is 5.38 Å². The lowest BCUT2D eigenvalue weighted by Crippen LogP contribution is -2.58. The predicted molar refractivity (Wildman–Crippen MR) is 83.6 cm³/mol. The van der Waals surface area contributed by atoms with E-state index in [9.17, 15) is 9.59 Å². The third-order valence-corrected chi connectivity index (χ3v) is 4.32. The fourth-order valence-corrected chi connectivity index (χ4v) is 3.30. The summed E-state index contributed by atoms with van der Waals surface area (Å²) in [4.78, 5) is 28.1. The van der Waals surface area contributed by atoms with Crippen molar-refractivity contribution in [3.8, 4) is 0 Å². The largest absolute Gasteiger partial charge is 0.444 e. The molecule has 1 aromatic heterocycles. The van der Waals surface area contributed by atoms with Gasteiger partial charge in [0.15, 0.2) is 0 Å². The average Bonchev–Trinajstić information content (AvgIpc) is 2.90. The Morgan fingerprint density at radius 3 is 2.73 bits per heavy atom. The summed E-state index contributed by atoms with van der Waals surface area (Å²) in [5, 5.41) is 8.72. The highest BCUT2D eigenvalue weighted by Gasteiger charge is 2.40. The van der Waals surface area contributed by atoms with Crippen molar-refractivity contribution in [2.45, 2.75) is 38.3 Å². The standard InChI is InChI=1S/C14H22N4O3S/c1-14(2,3)21-13(20)18-10-8(11(15)19)6-16-7-9(10)12-17-4-5-22-12/h4-5,8-10,16H,6-7H2,1-3H3,(H2,15,19)(H,18,20). The summed E-state index contributed by atoms with van der Waals surface area (Å²) in [7, 11) is 0. The first-order chi connectivity index (χ1) is 10.3. The van der Waals surface area contributed by atoms with Crippen molar-refractivity contribution in [3.63, 3.8) is 0 Å². The summed E-state index contributed by atoms with van der Waals surface area (Å²) >= 11 is 1.49. The van der Waals surface area contributed by atoms with E-state index in [4.69, 9.17) is 10.5 Å². The normalized spacial score (nSPS) is 25.5. The third-order valence-electron chi connectivity index (χ3n) is 3.41. The van der Waals surface area contributed by atoms with Gasteiger partial charge in [-0.1, -0.05) is 0 Å². The Kier molecular flexibility index (Phi) is 5.02. The number of piperidine rings is 1. The van der Waals surface area contributed by atoms with Gasteiger partial charge in [-0.15, -0.1) is 11.3 Å². The van der Waals surface area contributed by atoms with Gasteiger partial charge < -0.3 is 21.1 Å². The van der Waals surface area contributed by atoms with Crippen LogP contribution in [0.15, 0.2) is 11.6 Å². The lowest BCUT2D eigenvalue weighted by molar-refractivity contribution is -0.123. The van der Waals surface area contributed by atoms with Crippen molar-refractivity contribution in [1.82, 2.24) is 15.6 Å². The molecule has 1 fully saturated rings. The molecule has 2 amide bonds. The second kappa shape index (κ2) is 6.62. The second-order valence-electron chi connectivity index (χ2n) is 6.32. The molecular formula is C14H22N4O3S. The van der Waals surface area contributed by atoms with E-state index in [1.54, 1.807) is 27.0 Å². The maximum absolute atomic E-state index is 12.1. The first-order valence-electron chi connectivity index (χ1n) is 7.17. The minimum Gasteiger partial charge on any atom is -0.444 e. The summed E-state index contributed by atoms with van der Waals surface area (Å²) in [6.07, 6.45) is 1.16. The zero-order valence-corrected chi connectivity index (χ0v) is 13.8. The molecule has 22 heavy (non-hydrogen) atoms. The number of carbonyl (C=O) groups is 2. The Balaban J connectivity index is 2.18. The van der Waals surface area contributed by atoms with E-state index < -0.39 is 29.6 Å². The molecule has 0 spiro atoms. The SMILES string of the molecule is CC(C)(C)OC(=O)NC1C(C(N)=O)CNCC1c1nccs1. The molecule has 7 nitrogen and oxygen atoms in total. The molecule has 1 aliphatic rings. The molecular weight excluding hydrogens is 304 g/mol. The highest BCUT2D eigenvalue weighted by molar-refractivity contribution is 7.09. The summed E-state index contributed by atoms with van der Waals surface area (Å²) in [5.41, 5.74) is 4.89. The third kappa shape index (κ3) is 4.17. The number of primary amides is 1. The molecule has 0 saturated carbocycles. The van der Waals surface area contributed by atoms with Crippen LogP contribution in [0.4, 0.5) is 4.79 Å². The number of rotatable bonds is 3. The zero-order valence-electron chi connectivity index (χ0n) is 13.0. The minimum absolute atomic E-state index is 0.112. The average molecular weight is 326 g/mol. The number of alkyl carbamates (subject to hydrolysis) is 1. The molecule has 1 saturated heterocycles. The van der Waals surface area contributed by atoms with Gasteiger partial charge >= 0.3 is 6.09 Å². The van der Waals surface area contributed by atoms with E-state index in [0.29, 0.717) is 13.1 Å². The van der Waals surface area contributed by atoms with Crippen LogP contribution in [0.2, 0.25) is 0 Å². The number of nitrogens with one attached hydrogen (secondary N) is 2. The van der Waals surface area contributed by atoms with Gasteiger partial charge in [0.05, 0.1) is 17.0 Å². The van der Waals surface area contributed by atoms with Crippen LogP contribution >= 0.6 is 11.3 Å². The maximum Gasteiger partial charge on any atom is 0.407 e. The first kappa shape index (κ1) is 16.7. The molecule has 2 rings (SSSR count). The molecule has 1 aromatic rings. The van der Waals surface area contributed by atoms with Crippen LogP contribution in [0, 0.1) is 5.92 Å². The van der Waals surface area contributed by atoms with E-state index >= 15 is 0 Å². The number of hydrogen-bond acceptors (Lipinski definition) is 6. The molecule has 0 radical (unpaired) electrons. The molecule has 2 heterocycles. The van der Waals surface area contributed by atoms with Gasteiger partial charge in [-0.3, -0.25) is 4.79 Å². The van der Waals surface area contributed by atoms with Crippen molar-refractivity contribution in [2.75, 3.05) is 13.1 Å². The van der Waals surface area contributed by atoms with Crippen LogP contribution in [0.1, 0.15) is 31.7 Å². The van der Waals surface area contributed by atoms with Gasteiger partial charge in [0, 0.05) is 30.6 Å². The Morgan fingerprint density at radius 2 is 2.18 bits per heavy atom. The van der Waals surface area contributed by atoms with Crippen LogP contribution in [-0.4, -0.2) is 41.7 Å². The van der Waals surface area contributed by atoms with E-state index in [1.165, 1.54) is 11.3 Å². The van der Waals surface area contributed by atoms with Crippen LogP contribution in [0.3, 0.4) is 0 Å². The van der Waals surface area contributed by atoms with E-state index in [0.717, 1.165) is 5.01 Å². The Bertz CT molecular complexity index is 527. The van der Waals surface area contributed by atoms with E-state index in [-0.39, 0.29) is 5.92 Å². The molecule has 3 unspecified atom stereocenters. The number of amides is 2. The lowest BCUT2D eigenvalue weighted by Gasteiger charge is -2.37. The molecule has 8 heteroatoms. The van der Waals surface area contributed by atoms with Crippen molar-refractivity contribution in [3.05, 3.63) is 16.6 Å². The molecule has 0 aliphatic carbocycles. The maximum atomic E-state index is 12.1. The second-order valence-corrected chi connectivity index (χ2v) is 7.24. The van der Waals surface area contributed by atoms with Crippen molar-refractivity contribution < 1.29 is 14.3 Å². The smallest absolute Gasteiger partial charge is 0.407 e. The van der Waals surface area contributed by atoms with Crippen LogP contribution in [0.25, 0.3) is 0 Å². The number of nitrogens with two attached hydrogens (primary N) is 1. The Labute approximate surface area is 133 Å². The predicted octanol–water partition coefficient (Wildman–Crippen LogP) is 0.825. The number of hydrogen-bond donors (Lipinski definition) is 3. The fourth-order valence-electron chi connectivity index (χ4n) is 2.51. The van der Waals surface area contributed by atoms with Gasteiger partial charge in [-0.05, 0) is 20.8 Å². The van der Waals surface area contributed by atoms with Crippen LogP contribution < -0.4 is 16.4 Å². The van der Waals surface area contributed by atoms with Crippen molar-refractivity contribution in [2.24, 2.45) is 11.7 Å². The number of ether oxygens (including phenoxy) is 1. The number of nitrogens with zero attached hydrogens (tertiary/aromatic N) is 1. The Morgan fingerprint density at radius 1 is 1.45 bits per heavy atom. The van der Waals surface area contributed by atoms with Crippen molar-refractivity contribution in [1.29, 1.82) is 0 Å². The summed E-state index contributed by atoms with van der Waals surface area (Å²) < 4.78 is 5.29. The van der Waals surface area contributed by atoms with Gasteiger partial charge in [0.1, 0.15) is 5.60 Å². The van der Waals surface area contributed by atoms with Crippen LogP contribution in [0.5, 0.6) is 0 Å². The number of aromatic nitrogens is 1. The minimum atomic E-state index is -0.601. The molecule has 0 aromatic carbocycles. The number of carbonyl (C=O) groups excluding carboxylic acids is 2. The highest BCUT2D eigenvalue weighted by Crippen LogP contribution is 2.28. The summed E-state index contributed by atoms with van der Waals surface area (Å²) in [6.45, 7) is 6.42. The highest BCUT2D eigenvalue weighted by atomic mass is 32.1. The molecule has 122 valence electrons. The van der Waals surface area contributed by atoms with Gasteiger partial charge in [0.2, 0.25) is 5.91 Å². The van der Waals surface area contributed by atoms with E-state index in [2.05, 4.69) is 15.6 Å². The molecule has 3 atom stereocenters. The summed E-state index contributed by atoms with van der Waals surface area (Å²) in [6, 6.07) is -0.431. The Hall–Kier alpha value is -1.67. The quantitative estimate of drug-likeness (QED) is 0.762. The monoisotopic (exact) mass is 326 g/mol. The zero-order chi connectivity index (χ0) is 16.3. The molecule has 0 bridgehead atoms. The number of thiazole rings is 1. The van der Waals surface area contributed by atoms with Gasteiger partial charge in [-0.25, -0.2) is 9.78 Å².